The highest BCUT2D eigenvalue weighted by Gasteiger charge is 2.30. The third-order valence-corrected chi connectivity index (χ3v) is 4.24. The van der Waals surface area contributed by atoms with Gasteiger partial charge in [-0.2, -0.15) is 0 Å². The van der Waals surface area contributed by atoms with E-state index < -0.39 is 6.43 Å². The molecule has 1 aliphatic rings. The number of hydrogen-bond acceptors (Lipinski definition) is 1. The molecule has 1 saturated carbocycles. The van der Waals surface area contributed by atoms with Crippen molar-refractivity contribution >= 4 is 15.9 Å². The minimum atomic E-state index is -2.45. The predicted molar refractivity (Wildman–Crippen MR) is 68.0 cm³/mol. The van der Waals surface area contributed by atoms with Gasteiger partial charge in [0.1, 0.15) is 0 Å². The standard InChI is InChI=1S/C13H16BrF2N/c14-11-8-9(4-5-10(11)12(15)16)13(17)6-2-1-3-7-13/h4-5,8,12H,1-3,6-7,17H2. The van der Waals surface area contributed by atoms with Gasteiger partial charge in [-0.1, -0.05) is 47.3 Å². The summed E-state index contributed by atoms with van der Waals surface area (Å²) in [6, 6.07) is 4.98. The van der Waals surface area contributed by atoms with E-state index in [-0.39, 0.29) is 11.1 Å². The van der Waals surface area contributed by atoms with Gasteiger partial charge in [-0.3, -0.25) is 0 Å². The van der Waals surface area contributed by atoms with Crippen LogP contribution >= 0.6 is 15.9 Å². The zero-order valence-corrected chi connectivity index (χ0v) is 11.1. The van der Waals surface area contributed by atoms with Crippen LogP contribution in [0, 0.1) is 0 Å². The average Bonchev–Trinajstić information content (AvgIpc) is 2.29. The second-order valence-corrected chi connectivity index (χ2v) is 5.61. The van der Waals surface area contributed by atoms with Crippen LogP contribution in [0.15, 0.2) is 22.7 Å². The van der Waals surface area contributed by atoms with Crippen LogP contribution in [0.25, 0.3) is 0 Å². The number of rotatable bonds is 2. The van der Waals surface area contributed by atoms with Gasteiger partial charge >= 0.3 is 0 Å². The van der Waals surface area contributed by atoms with Crippen molar-refractivity contribution in [3.8, 4) is 0 Å². The number of benzene rings is 1. The lowest BCUT2D eigenvalue weighted by molar-refractivity contribution is 0.150. The van der Waals surface area contributed by atoms with Gasteiger partial charge in [0.05, 0.1) is 0 Å². The second kappa shape index (κ2) is 5.02. The van der Waals surface area contributed by atoms with Crippen LogP contribution in [-0.4, -0.2) is 0 Å². The number of nitrogens with two attached hydrogens (primary N) is 1. The van der Waals surface area contributed by atoms with Crippen molar-refractivity contribution in [2.45, 2.75) is 44.1 Å². The van der Waals surface area contributed by atoms with Crippen LogP contribution in [0.3, 0.4) is 0 Å². The maximum atomic E-state index is 12.6. The van der Waals surface area contributed by atoms with E-state index in [1.54, 1.807) is 12.1 Å². The fraction of sp³-hybridized carbons (Fsp3) is 0.538. The summed E-state index contributed by atoms with van der Waals surface area (Å²) in [6.07, 6.45) is 2.88. The zero-order valence-electron chi connectivity index (χ0n) is 9.56. The van der Waals surface area contributed by atoms with Gasteiger partial charge < -0.3 is 5.73 Å². The molecule has 4 heteroatoms. The molecule has 0 unspecified atom stereocenters. The largest absolute Gasteiger partial charge is 0.321 e. The first kappa shape index (κ1) is 13.0. The van der Waals surface area contributed by atoms with E-state index in [0.717, 1.165) is 31.2 Å². The van der Waals surface area contributed by atoms with Crippen LogP contribution in [0.2, 0.25) is 0 Å². The molecule has 0 spiro atoms. The van der Waals surface area contributed by atoms with E-state index in [9.17, 15) is 8.78 Å². The fourth-order valence-electron chi connectivity index (χ4n) is 2.49. The molecule has 1 aromatic carbocycles. The van der Waals surface area contributed by atoms with Gasteiger partial charge in [-0.25, -0.2) is 8.78 Å². The number of alkyl halides is 2. The third kappa shape index (κ3) is 2.68. The molecule has 94 valence electrons. The normalized spacial score (nSPS) is 19.6. The molecule has 0 atom stereocenters. The van der Waals surface area contributed by atoms with Gasteiger partial charge in [-0.05, 0) is 24.5 Å². The Labute approximate surface area is 109 Å². The molecule has 0 aromatic heterocycles. The van der Waals surface area contributed by atoms with Crippen molar-refractivity contribution in [3.05, 3.63) is 33.8 Å². The molecule has 0 heterocycles. The summed E-state index contributed by atoms with van der Waals surface area (Å²) in [4.78, 5) is 0. The van der Waals surface area contributed by atoms with Gasteiger partial charge in [-0.15, -0.1) is 0 Å². The van der Waals surface area contributed by atoms with Crippen LogP contribution in [0.5, 0.6) is 0 Å². The molecule has 2 rings (SSSR count). The van der Waals surface area contributed by atoms with Crippen LogP contribution in [-0.2, 0) is 5.54 Å². The molecular weight excluding hydrogens is 288 g/mol. The molecule has 17 heavy (non-hydrogen) atoms. The van der Waals surface area contributed by atoms with E-state index in [4.69, 9.17) is 5.73 Å². The van der Waals surface area contributed by atoms with Gasteiger partial charge in [0.15, 0.2) is 0 Å². The van der Waals surface area contributed by atoms with Crippen molar-refractivity contribution in [2.24, 2.45) is 5.73 Å². The maximum Gasteiger partial charge on any atom is 0.264 e. The van der Waals surface area contributed by atoms with Crippen molar-refractivity contribution < 1.29 is 8.78 Å². The molecule has 0 bridgehead atoms. The van der Waals surface area contributed by atoms with Crippen LogP contribution in [0.1, 0.15) is 49.7 Å². The van der Waals surface area contributed by atoms with E-state index in [1.807, 2.05) is 0 Å². The minimum Gasteiger partial charge on any atom is -0.321 e. The first-order valence-electron chi connectivity index (χ1n) is 5.90. The van der Waals surface area contributed by atoms with Crippen molar-refractivity contribution in [3.63, 3.8) is 0 Å². The van der Waals surface area contributed by atoms with E-state index in [1.165, 1.54) is 12.5 Å². The van der Waals surface area contributed by atoms with E-state index in [0.29, 0.717) is 4.47 Å². The van der Waals surface area contributed by atoms with Crippen molar-refractivity contribution in [1.82, 2.24) is 0 Å². The lowest BCUT2D eigenvalue weighted by Crippen LogP contribution is -2.38. The SMILES string of the molecule is NC1(c2ccc(C(F)F)c(Br)c2)CCCCC1. The molecule has 0 aliphatic heterocycles. The highest BCUT2D eigenvalue weighted by Crippen LogP contribution is 2.37. The molecule has 1 nitrogen and oxygen atoms in total. The molecule has 1 aromatic rings. The molecule has 2 N–H and O–H groups in total. The summed E-state index contributed by atoms with van der Waals surface area (Å²) in [5.74, 6) is 0. The zero-order chi connectivity index (χ0) is 12.5. The molecule has 0 saturated heterocycles. The second-order valence-electron chi connectivity index (χ2n) is 4.75. The molecule has 0 amide bonds. The van der Waals surface area contributed by atoms with Gasteiger partial charge in [0, 0.05) is 15.6 Å². The summed E-state index contributed by atoms with van der Waals surface area (Å²) in [6.45, 7) is 0. The smallest absolute Gasteiger partial charge is 0.264 e. The van der Waals surface area contributed by atoms with Crippen LogP contribution < -0.4 is 5.73 Å². The maximum absolute atomic E-state index is 12.6. The quantitative estimate of drug-likeness (QED) is 0.855. The topological polar surface area (TPSA) is 26.0 Å². The highest BCUT2D eigenvalue weighted by molar-refractivity contribution is 9.10. The molecule has 1 aliphatic carbocycles. The Balaban J connectivity index is 2.30. The van der Waals surface area contributed by atoms with E-state index in [2.05, 4.69) is 15.9 Å². The van der Waals surface area contributed by atoms with E-state index >= 15 is 0 Å². The Morgan fingerprint density at radius 1 is 1.18 bits per heavy atom. The fourth-order valence-corrected chi connectivity index (χ4v) is 3.04. The summed E-state index contributed by atoms with van der Waals surface area (Å²) < 4.78 is 25.7. The van der Waals surface area contributed by atoms with Crippen molar-refractivity contribution in [2.75, 3.05) is 0 Å². The Kier molecular flexibility index (Phi) is 3.83. The summed E-state index contributed by atoms with van der Waals surface area (Å²) in [7, 11) is 0. The minimum absolute atomic E-state index is 0.0353. The Bertz CT molecular complexity index is 400. The molecular formula is C13H16BrF2N. The monoisotopic (exact) mass is 303 g/mol. The highest BCUT2D eigenvalue weighted by atomic mass is 79.9. The Morgan fingerprint density at radius 2 is 1.82 bits per heavy atom. The number of halogens is 3. The first-order valence-corrected chi connectivity index (χ1v) is 6.69. The van der Waals surface area contributed by atoms with Gasteiger partial charge in [0.25, 0.3) is 6.43 Å². The lowest BCUT2D eigenvalue weighted by Gasteiger charge is -2.34. The lowest BCUT2D eigenvalue weighted by atomic mass is 9.77. The van der Waals surface area contributed by atoms with Gasteiger partial charge in [0.2, 0.25) is 0 Å². The number of hydrogen-bond donors (Lipinski definition) is 1. The molecule has 1 fully saturated rings. The average molecular weight is 304 g/mol. The Hall–Kier alpha value is -0.480. The predicted octanol–water partition coefficient (Wildman–Crippen LogP) is 4.50. The third-order valence-electron chi connectivity index (χ3n) is 3.56. The summed E-state index contributed by atoms with van der Waals surface area (Å²) >= 11 is 3.20. The molecule has 0 radical (unpaired) electrons. The van der Waals surface area contributed by atoms with Crippen molar-refractivity contribution in [1.29, 1.82) is 0 Å². The summed E-state index contributed by atoms with van der Waals surface area (Å²) in [5.41, 5.74) is 7.04. The first-order chi connectivity index (χ1) is 8.03. The van der Waals surface area contributed by atoms with Crippen LogP contribution in [0.4, 0.5) is 8.78 Å². The summed E-state index contributed by atoms with van der Waals surface area (Å²) in [5, 5.41) is 0. The Morgan fingerprint density at radius 3 is 2.35 bits per heavy atom.